The van der Waals surface area contributed by atoms with Crippen molar-refractivity contribution >= 4 is 57.2 Å². The van der Waals surface area contributed by atoms with Gasteiger partial charge in [-0.3, -0.25) is 0 Å². The van der Waals surface area contributed by atoms with E-state index in [0.29, 0.717) is 30.4 Å². The summed E-state index contributed by atoms with van der Waals surface area (Å²) >= 11 is 1.36. The van der Waals surface area contributed by atoms with E-state index in [4.69, 9.17) is 54.3 Å². The van der Waals surface area contributed by atoms with Crippen LogP contribution in [0.4, 0.5) is 5.82 Å². The van der Waals surface area contributed by atoms with Gasteiger partial charge in [0.25, 0.3) is 0 Å². The molecule has 2 heterocycles. The van der Waals surface area contributed by atoms with Gasteiger partial charge in [0, 0.05) is 13.1 Å². The first-order chi connectivity index (χ1) is 20.9. The van der Waals surface area contributed by atoms with Gasteiger partial charge in [-0.25, -0.2) is 33.9 Å². The molecular formula is C29H30N4O10S. The molecule has 232 valence electrons. The fraction of sp³-hybridized carbons (Fsp3) is 0.207. The third-order valence-corrected chi connectivity index (χ3v) is 6.59. The summed E-state index contributed by atoms with van der Waals surface area (Å²) < 4.78 is 5.24. The Morgan fingerprint density at radius 3 is 1.73 bits per heavy atom. The minimum Gasteiger partial charge on any atom is -0.473 e. The number of carbonyl (C=O) groups is 5. The highest BCUT2D eigenvalue weighted by molar-refractivity contribution is 7.20. The van der Waals surface area contributed by atoms with Gasteiger partial charge in [0.2, 0.25) is 0 Å². The first-order valence-corrected chi connectivity index (χ1v) is 13.7. The second-order valence-electron chi connectivity index (χ2n) is 8.59. The minimum absolute atomic E-state index is 0.314. The number of ether oxygens (including phenoxy) is 1. The van der Waals surface area contributed by atoms with Crippen LogP contribution in [-0.2, 0) is 43.5 Å². The number of thiophene rings is 1. The maximum Gasteiger partial charge on any atom is 0.414 e. The lowest BCUT2D eigenvalue weighted by molar-refractivity contribution is -0.159. The molecule has 0 spiro atoms. The second kappa shape index (κ2) is 17.5. The predicted molar refractivity (Wildman–Crippen MR) is 159 cm³/mol. The first-order valence-electron chi connectivity index (χ1n) is 12.9. The van der Waals surface area contributed by atoms with E-state index >= 15 is 0 Å². The monoisotopic (exact) mass is 626 g/mol. The summed E-state index contributed by atoms with van der Waals surface area (Å²) in [5.41, 5.74) is 3.21. The average Bonchev–Trinajstić information content (AvgIpc) is 3.34. The van der Waals surface area contributed by atoms with Crippen molar-refractivity contribution in [3.8, 4) is 0 Å². The zero-order valence-electron chi connectivity index (χ0n) is 23.6. The fourth-order valence-corrected chi connectivity index (χ4v) is 4.57. The van der Waals surface area contributed by atoms with E-state index in [-0.39, 0.29) is 5.97 Å². The number of hydrogen-bond acceptors (Lipinski definition) is 11. The Labute approximate surface area is 255 Å². The summed E-state index contributed by atoms with van der Waals surface area (Å²) in [6.07, 6.45) is 0. The van der Waals surface area contributed by atoms with Crippen LogP contribution in [-0.4, -0.2) is 66.8 Å². The molecule has 6 N–H and O–H groups in total. The summed E-state index contributed by atoms with van der Waals surface area (Å²) in [6.45, 7) is 5.96. The molecule has 44 heavy (non-hydrogen) atoms. The number of anilines is 1. The Balaban J connectivity index is 0.000000477. The quantitative estimate of drug-likeness (QED) is 0.116. The van der Waals surface area contributed by atoms with Gasteiger partial charge < -0.3 is 35.8 Å². The van der Waals surface area contributed by atoms with E-state index in [9.17, 15) is 4.79 Å². The molecule has 2 aromatic carbocycles. The normalized spacial score (nSPS) is 9.95. The van der Waals surface area contributed by atoms with Crippen molar-refractivity contribution in [2.75, 3.05) is 11.9 Å². The van der Waals surface area contributed by atoms with Crippen LogP contribution < -0.4 is 10.6 Å². The standard InChI is InChI=1S/C25H26N4O2S.2C2H2O4/c1-3-31-25(30)22-17(2)21-23(27-15-19-12-8-5-9-13-19)28-20(29-24(21)32-22)16-26-14-18-10-6-4-7-11-18;2*3-1(4)2(5)6/h4-13,26H,3,14-16H2,1-2H3,(H,27,28,29);2*(H,3,4)(H,5,6). The average molecular weight is 627 g/mol. The molecule has 14 nitrogen and oxygen atoms in total. The molecule has 0 radical (unpaired) electrons. The van der Waals surface area contributed by atoms with E-state index in [0.717, 1.165) is 33.7 Å². The number of benzene rings is 2. The van der Waals surface area contributed by atoms with E-state index < -0.39 is 23.9 Å². The van der Waals surface area contributed by atoms with E-state index in [1.54, 1.807) is 0 Å². The number of fused-ring (bicyclic) bond motifs is 1. The zero-order valence-corrected chi connectivity index (χ0v) is 24.5. The van der Waals surface area contributed by atoms with Crippen LogP contribution in [0.3, 0.4) is 0 Å². The number of rotatable bonds is 9. The Morgan fingerprint density at radius 1 is 0.750 bits per heavy atom. The SMILES string of the molecule is CCOC(=O)c1sc2nc(CNCc3ccccc3)nc(NCc3ccccc3)c2c1C.O=C(O)C(=O)O.O=C(O)C(=O)O. The number of aromatic nitrogens is 2. The summed E-state index contributed by atoms with van der Waals surface area (Å²) in [4.78, 5) is 59.7. The Bertz CT molecular complexity index is 1550. The van der Waals surface area contributed by atoms with Gasteiger partial charge in [-0.05, 0) is 30.5 Å². The highest BCUT2D eigenvalue weighted by Crippen LogP contribution is 2.34. The van der Waals surface area contributed by atoms with Crippen molar-refractivity contribution in [2.45, 2.75) is 33.5 Å². The molecular weight excluding hydrogens is 596 g/mol. The maximum atomic E-state index is 12.4. The summed E-state index contributed by atoms with van der Waals surface area (Å²) in [5.74, 6) is -6.19. The molecule has 0 aliphatic carbocycles. The van der Waals surface area contributed by atoms with Gasteiger partial charge in [0.1, 0.15) is 21.3 Å². The van der Waals surface area contributed by atoms with E-state index in [1.165, 1.54) is 16.9 Å². The zero-order chi connectivity index (χ0) is 32.6. The van der Waals surface area contributed by atoms with Gasteiger partial charge in [-0.15, -0.1) is 11.3 Å². The molecule has 4 rings (SSSR count). The molecule has 0 fully saturated rings. The summed E-state index contributed by atoms with van der Waals surface area (Å²) in [5, 5.41) is 37.3. The van der Waals surface area contributed by atoms with E-state index in [1.807, 2.05) is 50.2 Å². The molecule has 4 aromatic rings. The molecule has 2 aromatic heterocycles. The van der Waals surface area contributed by atoms with Crippen molar-refractivity contribution < 1.29 is 49.1 Å². The van der Waals surface area contributed by atoms with E-state index in [2.05, 4.69) is 34.9 Å². The topological polar surface area (TPSA) is 225 Å². The number of hydrogen-bond donors (Lipinski definition) is 6. The van der Waals surface area contributed by atoms with Crippen LogP contribution in [0.2, 0.25) is 0 Å². The van der Waals surface area contributed by atoms with Crippen LogP contribution in [0.15, 0.2) is 60.7 Å². The van der Waals surface area contributed by atoms with Gasteiger partial charge in [-0.2, -0.15) is 0 Å². The Morgan fingerprint density at radius 2 is 1.25 bits per heavy atom. The minimum atomic E-state index is -1.82. The number of esters is 1. The maximum absolute atomic E-state index is 12.4. The van der Waals surface area contributed by atoms with Gasteiger partial charge in [-0.1, -0.05) is 60.7 Å². The van der Waals surface area contributed by atoms with Crippen LogP contribution in [0.25, 0.3) is 10.2 Å². The summed E-state index contributed by atoms with van der Waals surface area (Å²) in [7, 11) is 0. The third kappa shape index (κ3) is 11.1. The lowest BCUT2D eigenvalue weighted by Crippen LogP contribution is -2.15. The Hall–Kier alpha value is -5.41. The van der Waals surface area contributed by atoms with Gasteiger partial charge >= 0.3 is 29.8 Å². The first kappa shape index (κ1) is 34.8. The van der Waals surface area contributed by atoms with Crippen LogP contribution in [0.5, 0.6) is 0 Å². The van der Waals surface area contributed by atoms with Crippen molar-refractivity contribution in [1.82, 2.24) is 15.3 Å². The number of nitrogens with one attached hydrogen (secondary N) is 2. The van der Waals surface area contributed by atoms with Crippen LogP contribution in [0.1, 0.15) is 39.1 Å². The molecule has 0 aliphatic heterocycles. The second-order valence-corrected chi connectivity index (χ2v) is 9.59. The number of nitrogens with zero attached hydrogens (tertiary/aromatic N) is 2. The predicted octanol–water partition coefficient (Wildman–Crippen LogP) is 3.39. The molecule has 0 amide bonds. The van der Waals surface area contributed by atoms with Gasteiger partial charge in [0.15, 0.2) is 0 Å². The number of aliphatic carboxylic acids is 4. The molecule has 0 unspecified atom stereocenters. The number of carboxylic acids is 4. The number of carboxylic acid groups (broad SMARTS) is 4. The molecule has 0 saturated carbocycles. The van der Waals surface area contributed by atoms with Crippen LogP contribution >= 0.6 is 11.3 Å². The van der Waals surface area contributed by atoms with Gasteiger partial charge in [0.05, 0.1) is 18.5 Å². The molecule has 0 atom stereocenters. The molecule has 0 bridgehead atoms. The lowest BCUT2D eigenvalue weighted by atomic mass is 10.2. The number of aryl methyl sites for hydroxylation is 1. The van der Waals surface area contributed by atoms with Crippen molar-refractivity contribution in [1.29, 1.82) is 0 Å². The smallest absolute Gasteiger partial charge is 0.414 e. The molecule has 0 saturated heterocycles. The highest BCUT2D eigenvalue weighted by Gasteiger charge is 2.21. The fourth-order valence-electron chi connectivity index (χ4n) is 3.48. The summed E-state index contributed by atoms with van der Waals surface area (Å²) in [6, 6.07) is 20.4. The molecule has 0 aliphatic rings. The highest BCUT2D eigenvalue weighted by atomic mass is 32.1. The van der Waals surface area contributed by atoms with Crippen LogP contribution in [0, 0.1) is 6.92 Å². The lowest BCUT2D eigenvalue weighted by Gasteiger charge is -2.11. The van der Waals surface area contributed by atoms with Crippen molar-refractivity contribution in [2.24, 2.45) is 0 Å². The Kier molecular flexibility index (Phi) is 13.9. The van der Waals surface area contributed by atoms with Crippen molar-refractivity contribution in [3.63, 3.8) is 0 Å². The van der Waals surface area contributed by atoms with Crippen molar-refractivity contribution in [3.05, 3.63) is 88.1 Å². The largest absolute Gasteiger partial charge is 0.473 e. The third-order valence-electron chi connectivity index (χ3n) is 5.42. The number of carbonyl (C=O) groups excluding carboxylic acids is 1. The molecule has 15 heteroatoms.